The van der Waals surface area contributed by atoms with E-state index in [4.69, 9.17) is 21.1 Å². The summed E-state index contributed by atoms with van der Waals surface area (Å²) in [4.78, 5) is 20.1. The van der Waals surface area contributed by atoms with Crippen molar-refractivity contribution in [2.45, 2.75) is 6.54 Å². The van der Waals surface area contributed by atoms with Gasteiger partial charge in [-0.3, -0.25) is 4.40 Å². The van der Waals surface area contributed by atoms with Crippen LogP contribution in [0.2, 0.25) is 5.28 Å². The summed E-state index contributed by atoms with van der Waals surface area (Å²) in [6.45, 7) is 0.442. The standard InChI is InChI=1S/C20H17ClN4O4/c1-28-13-5-3-12(17(8-13)29-2)9-22-18-16-10-23-20(21)25(16)15-7-11(19(26)27)4-6-14(15)24-18/h3-8,10H,9H2,1-2H3,(H,22,24)(H,26,27). The van der Waals surface area contributed by atoms with Crippen LogP contribution in [-0.2, 0) is 6.54 Å². The third-order valence-electron chi connectivity index (χ3n) is 4.60. The van der Waals surface area contributed by atoms with Gasteiger partial charge in [-0.1, -0.05) is 0 Å². The van der Waals surface area contributed by atoms with Gasteiger partial charge < -0.3 is 19.9 Å². The van der Waals surface area contributed by atoms with Crippen LogP contribution in [-0.4, -0.2) is 39.7 Å². The van der Waals surface area contributed by atoms with E-state index < -0.39 is 5.97 Å². The maximum atomic E-state index is 11.3. The highest BCUT2D eigenvalue weighted by Crippen LogP contribution is 2.28. The topological polar surface area (TPSA) is 98.0 Å². The van der Waals surface area contributed by atoms with Crippen molar-refractivity contribution in [3.63, 3.8) is 0 Å². The number of nitrogens with zero attached hydrogens (tertiary/aromatic N) is 3. The van der Waals surface area contributed by atoms with Gasteiger partial charge in [0, 0.05) is 18.2 Å². The molecule has 0 aliphatic heterocycles. The first-order chi connectivity index (χ1) is 14.0. The molecule has 4 rings (SSSR count). The average molecular weight is 413 g/mol. The van der Waals surface area contributed by atoms with Gasteiger partial charge in [0.05, 0.1) is 37.0 Å². The Morgan fingerprint density at radius 1 is 1.17 bits per heavy atom. The Hall–Kier alpha value is -3.52. The number of imidazole rings is 1. The zero-order chi connectivity index (χ0) is 20.5. The highest BCUT2D eigenvalue weighted by atomic mass is 35.5. The number of hydrogen-bond donors (Lipinski definition) is 2. The second-order valence-electron chi connectivity index (χ2n) is 6.25. The molecule has 2 aromatic heterocycles. The minimum Gasteiger partial charge on any atom is -0.497 e. The highest BCUT2D eigenvalue weighted by Gasteiger charge is 2.15. The molecule has 4 aromatic rings. The lowest BCUT2D eigenvalue weighted by atomic mass is 10.2. The predicted octanol–water partition coefficient (Wildman–Crippen LogP) is 3.86. The number of fused-ring (bicyclic) bond motifs is 3. The number of hydrogen-bond acceptors (Lipinski definition) is 6. The quantitative estimate of drug-likeness (QED) is 0.496. The maximum absolute atomic E-state index is 11.3. The molecule has 2 N–H and O–H groups in total. The molecule has 0 radical (unpaired) electrons. The summed E-state index contributed by atoms with van der Waals surface area (Å²) in [6, 6.07) is 10.3. The van der Waals surface area contributed by atoms with Crippen molar-refractivity contribution in [1.29, 1.82) is 0 Å². The lowest BCUT2D eigenvalue weighted by Crippen LogP contribution is -2.06. The molecule has 0 spiro atoms. The first kappa shape index (κ1) is 18.8. The van der Waals surface area contributed by atoms with Crippen LogP contribution in [0.4, 0.5) is 5.82 Å². The molecular weight excluding hydrogens is 396 g/mol. The number of aromatic carboxylic acids is 1. The Labute approximate surface area is 170 Å². The van der Waals surface area contributed by atoms with E-state index in [1.807, 2.05) is 18.2 Å². The van der Waals surface area contributed by atoms with Crippen molar-refractivity contribution in [1.82, 2.24) is 14.4 Å². The summed E-state index contributed by atoms with van der Waals surface area (Å²) in [5.74, 6) is 0.933. The number of rotatable bonds is 6. The molecule has 0 fully saturated rings. The lowest BCUT2D eigenvalue weighted by Gasteiger charge is -2.13. The van der Waals surface area contributed by atoms with Crippen molar-refractivity contribution in [2.24, 2.45) is 0 Å². The second kappa shape index (κ2) is 7.48. The van der Waals surface area contributed by atoms with Crippen molar-refractivity contribution in [3.05, 3.63) is 59.0 Å². The predicted molar refractivity (Wildman–Crippen MR) is 109 cm³/mol. The molecule has 2 aromatic carbocycles. The van der Waals surface area contributed by atoms with Crippen molar-refractivity contribution >= 4 is 39.9 Å². The molecule has 0 atom stereocenters. The second-order valence-corrected chi connectivity index (χ2v) is 6.59. The van der Waals surface area contributed by atoms with Crippen LogP contribution in [0, 0.1) is 0 Å². The summed E-state index contributed by atoms with van der Waals surface area (Å²) in [7, 11) is 3.20. The fourth-order valence-corrected chi connectivity index (χ4v) is 3.37. The summed E-state index contributed by atoms with van der Waals surface area (Å²) < 4.78 is 12.3. The van der Waals surface area contributed by atoms with Gasteiger partial charge in [-0.05, 0) is 41.9 Å². The largest absolute Gasteiger partial charge is 0.497 e. The van der Waals surface area contributed by atoms with Gasteiger partial charge >= 0.3 is 5.97 Å². The van der Waals surface area contributed by atoms with Crippen LogP contribution in [0.3, 0.4) is 0 Å². The van der Waals surface area contributed by atoms with Crippen LogP contribution < -0.4 is 14.8 Å². The van der Waals surface area contributed by atoms with Crippen molar-refractivity contribution in [2.75, 3.05) is 19.5 Å². The van der Waals surface area contributed by atoms with Gasteiger partial charge in [0.2, 0.25) is 5.28 Å². The normalized spacial score (nSPS) is 11.0. The number of anilines is 1. The molecule has 0 saturated carbocycles. The molecule has 0 unspecified atom stereocenters. The highest BCUT2D eigenvalue weighted by molar-refractivity contribution is 6.29. The van der Waals surface area contributed by atoms with E-state index in [9.17, 15) is 9.90 Å². The first-order valence-electron chi connectivity index (χ1n) is 8.66. The Balaban J connectivity index is 1.76. The minimum absolute atomic E-state index is 0.147. The average Bonchev–Trinajstić information content (AvgIpc) is 3.13. The van der Waals surface area contributed by atoms with Gasteiger partial charge in [0.25, 0.3) is 0 Å². The Morgan fingerprint density at radius 2 is 2.00 bits per heavy atom. The van der Waals surface area contributed by atoms with Crippen molar-refractivity contribution in [3.8, 4) is 11.5 Å². The van der Waals surface area contributed by atoms with E-state index in [1.54, 1.807) is 30.9 Å². The smallest absolute Gasteiger partial charge is 0.335 e. The minimum atomic E-state index is -1.02. The third kappa shape index (κ3) is 3.38. The Morgan fingerprint density at radius 3 is 2.72 bits per heavy atom. The van der Waals surface area contributed by atoms with E-state index in [0.29, 0.717) is 40.4 Å². The van der Waals surface area contributed by atoms with Crippen molar-refractivity contribution < 1.29 is 19.4 Å². The molecule has 29 heavy (non-hydrogen) atoms. The maximum Gasteiger partial charge on any atom is 0.335 e. The first-order valence-corrected chi connectivity index (χ1v) is 9.04. The molecule has 0 aliphatic rings. The van der Waals surface area contributed by atoms with Gasteiger partial charge in [0.15, 0.2) is 5.82 Å². The van der Waals surface area contributed by atoms with Crippen LogP contribution in [0.25, 0.3) is 16.6 Å². The van der Waals surface area contributed by atoms with Crippen LogP contribution >= 0.6 is 11.6 Å². The molecular formula is C20H17ClN4O4. The van der Waals surface area contributed by atoms with E-state index in [0.717, 1.165) is 5.56 Å². The molecule has 2 heterocycles. The number of ether oxygens (including phenoxy) is 2. The molecule has 0 bridgehead atoms. The number of carboxylic acid groups (broad SMARTS) is 1. The van der Waals surface area contributed by atoms with Gasteiger partial charge in [-0.2, -0.15) is 0 Å². The third-order valence-corrected chi connectivity index (χ3v) is 4.86. The number of halogens is 1. The molecule has 8 nitrogen and oxygen atoms in total. The summed E-state index contributed by atoms with van der Waals surface area (Å²) in [5.41, 5.74) is 2.85. The fraction of sp³-hybridized carbons (Fsp3) is 0.150. The number of carboxylic acids is 1. The molecule has 0 amide bonds. The number of benzene rings is 2. The number of methoxy groups -OCH3 is 2. The SMILES string of the molecule is COc1ccc(CNc2nc3ccc(C(=O)O)cc3n3c(Cl)ncc23)c(OC)c1. The monoisotopic (exact) mass is 412 g/mol. The Bertz CT molecular complexity index is 1240. The summed E-state index contributed by atoms with van der Waals surface area (Å²) in [6.07, 6.45) is 1.59. The zero-order valence-corrected chi connectivity index (χ0v) is 16.4. The van der Waals surface area contributed by atoms with Gasteiger partial charge in [-0.25, -0.2) is 14.8 Å². The van der Waals surface area contributed by atoms with Crippen LogP contribution in [0.1, 0.15) is 15.9 Å². The molecule has 148 valence electrons. The van der Waals surface area contributed by atoms with E-state index >= 15 is 0 Å². The van der Waals surface area contributed by atoms with E-state index in [2.05, 4.69) is 15.3 Å². The lowest BCUT2D eigenvalue weighted by molar-refractivity contribution is 0.0697. The molecule has 0 saturated heterocycles. The van der Waals surface area contributed by atoms with Gasteiger partial charge in [-0.15, -0.1) is 0 Å². The molecule has 9 heteroatoms. The van der Waals surface area contributed by atoms with Gasteiger partial charge in [0.1, 0.15) is 17.0 Å². The van der Waals surface area contributed by atoms with E-state index in [-0.39, 0.29) is 10.8 Å². The number of nitrogens with one attached hydrogen (secondary N) is 1. The van der Waals surface area contributed by atoms with Crippen LogP contribution in [0.5, 0.6) is 11.5 Å². The van der Waals surface area contributed by atoms with E-state index in [1.165, 1.54) is 12.1 Å². The van der Waals surface area contributed by atoms with Crippen LogP contribution in [0.15, 0.2) is 42.6 Å². The summed E-state index contributed by atoms with van der Waals surface area (Å²) in [5, 5.41) is 12.8. The number of aromatic nitrogens is 3. The number of carbonyl (C=O) groups is 1. The fourth-order valence-electron chi connectivity index (χ4n) is 3.14. The molecule has 0 aliphatic carbocycles. The zero-order valence-electron chi connectivity index (χ0n) is 15.6. The Kier molecular flexibility index (Phi) is 4.85. The summed E-state index contributed by atoms with van der Waals surface area (Å²) >= 11 is 6.27.